The third-order valence-electron chi connectivity index (χ3n) is 17.6. The summed E-state index contributed by atoms with van der Waals surface area (Å²) >= 11 is 2.54. The highest BCUT2D eigenvalue weighted by Crippen LogP contribution is 2.25. The van der Waals surface area contributed by atoms with E-state index < -0.39 is 144 Å². The number of aromatic nitrogens is 5. The van der Waals surface area contributed by atoms with Crippen molar-refractivity contribution in [2.24, 2.45) is 23.3 Å². The van der Waals surface area contributed by atoms with Gasteiger partial charge in [-0.15, -0.1) is 12.3 Å². The first kappa shape index (κ1) is 78.9. The summed E-state index contributed by atoms with van der Waals surface area (Å²) < 4.78 is 0. The molecule has 12 amide bonds. The molecule has 0 bridgehead atoms. The van der Waals surface area contributed by atoms with E-state index in [1.807, 2.05) is 62.4 Å². The van der Waals surface area contributed by atoms with Gasteiger partial charge in [-0.3, -0.25) is 57.5 Å². The van der Waals surface area contributed by atoms with Crippen LogP contribution in [0.15, 0.2) is 110 Å². The number of H-pyrrole nitrogens is 3. The average molecular weight is 1440 g/mol. The summed E-state index contributed by atoms with van der Waals surface area (Å²) in [6, 6.07) is 9.69. The molecule has 0 saturated carbocycles. The Morgan fingerprint density at radius 1 is 0.608 bits per heavy atom. The fourth-order valence-corrected chi connectivity index (χ4v) is 13.7. The Morgan fingerprint density at radius 3 is 1.79 bits per heavy atom. The van der Waals surface area contributed by atoms with E-state index in [1.54, 1.807) is 50.4 Å². The lowest BCUT2D eigenvalue weighted by molar-refractivity contribution is -0.136. The number of primary amides is 2. The number of rotatable bonds is 31. The number of carbonyl (C=O) groups is 12. The number of imidazole rings is 2. The highest BCUT2D eigenvalue weighted by Gasteiger charge is 2.38. The van der Waals surface area contributed by atoms with Gasteiger partial charge in [-0.2, -0.15) is 23.5 Å². The van der Waals surface area contributed by atoms with Gasteiger partial charge >= 0.3 is 0 Å². The Balaban J connectivity index is 1.14. The minimum atomic E-state index is -1.67. The predicted octanol–water partition coefficient (Wildman–Crippen LogP) is 1.19. The van der Waals surface area contributed by atoms with Crippen LogP contribution in [0.4, 0.5) is 0 Å². The van der Waals surface area contributed by atoms with Crippen molar-refractivity contribution in [3.05, 3.63) is 144 Å². The number of thioether (sulfide) groups is 2. The van der Waals surface area contributed by atoms with Crippen LogP contribution in [0.3, 0.4) is 0 Å². The van der Waals surface area contributed by atoms with Crippen molar-refractivity contribution in [1.29, 1.82) is 0 Å². The number of hydrogen-bond donors (Lipinski definition) is 15. The largest absolute Gasteiger partial charge is 0.370 e. The molecule has 0 saturated heterocycles. The molecule has 17 N–H and O–H groups in total. The van der Waals surface area contributed by atoms with Crippen molar-refractivity contribution in [2.45, 2.75) is 171 Å². The van der Waals surface area contributed by atoms with Gasteiger partial charge in [0.05, 0.1) is 19.1 Å². The molecule has 0 radical (unpaired) electrons. The quantitative estimate of drug-likeness (QED) is 0.0272. The zero-order valence-electron chi connectivity index (χ0n) is 57.6. The minimum absolute atomic E-state index is 0.0344. The first-order valence-corrected chi connectivity index (χ1v) is 36.1. The molecule has 0 aliphatic carbocycles. The molecule has 3 aromatic heterocycles. The van der Waals surface area contributed by atoms with E-state index in [9.17, 15) is 43.2 Å². The SMILES string of the molecule is C#CCCC(=O)N[C@H](C(=O)N[C@@H]1CSCc2ccccc2CSC[C@H](C(=O)N[C@@H](Cc2ccccc2)C(=O)N[C@@H](Cc2cnc[nH]2)C(=O)NC(C(=O)N[C@@H](Cc2c[nH]c3ccccc23)C(=O)N[C@@H](Cc2cnc[nH]2)C(N)=O)[C@@H](C)CC)NC(=O)[C@H](C)NC(=O)[C@H](CC(N)=O)NC1=O)C(CC)CC. The summed E-state index contributed by atoms with van der Waals surface area (Å²) in [6.07, 6.45) is 13.1. The molecule has 0 fully saturated rings. The van der Waals surface area contributed by atoms with Crippen molar-refractivity contribution in [3.8, 4) is 12.3 Å². The van der Waals surface area contributed by atoms with E-state index in [0.717, 1.165) is 22.0 Å². The second-order valence-corrected chi connectivity index (χ2v) is 27.1. The molecular weight excluding hydrogens is 1350 g/mol. The third-order valence-corrected chi connectivity index (χ3v) is 19.7. The Labute approximate surface area is 599 Å². The number of carbonyl (C=O) groups excluding carboxylic acids is 12. The number of nitrogens with two attached hydrogens (primary N) is 2. The standard InChI is InChI=1S/C71H91N17O12S2/c1-7-11-25-59(90)87-61(43(9-3)10-4)71(100)86-57-37-102-35-45-22-16-15-21-44(45)34-101-36-56(85-63(92)41(6)79-64(93)55(30-58(72)89)83-69(57)98)68(97)81-52(26-42-19-13-12-14-20-42)65(94)82-54(29-48-33-75-39-78-48)67(96)88-60(40(5)8-2)70(99)84-53(27-46-31-76-50-24-18-17-23-49(46)50)66(95)80-51(62(73)91)28-47-32-74-38-77-47/h1,12-24,31-33,38-41,43,51-57,60-61,76H,8-11,25-30,34-37H2,2-6H3,(H2,72,89)(H2,73,91)(H,74,77)(H,75,78)(H,79,93)(H,80,95)(H,81,97)(H,82,94)(H,83,98)(H,84,99)(H,85,92)(H,86,100)(H,87,90)(H,88,96)/t40-,41-,51-,52-,53-,54-,55-,56+,57+,60?,61-/m0/s1. The van der Waals surface area contributed by atoms with Crippen LogP contribution in [0.1, 0.15) is 107 Å². The second kappa shape index (κ2) is 39.5. The Kier molecular flexibility index (Phi) is 30.5. The number of nitrogens with one attached hydrogen (secondary N) is 13. The highest BCUT2D eigenvalue weighted by atomic mass is 32.2. The number of amides is 12. The van der Waals surface area contributed by atoms with E-state index in [1.165, 1.54) is 55.5 Å². The summed E-state index contributed by atoms with van der Waals surface area (Å²) in [5.74, 6) is -7.87. The van der Waals surface area contributed by atoms with Gasteiger partial charge in [0.1, 0.15) is 60.4 Å². The molecule has 102 heavy (non-hydrogen) atoms. The number of fused-ring (bicyclic) bond motifs is 2. The van der Waals surface area contributed by atoms with Crippen molar-refractivity contribution in [2.75, 3.05) is 11.5 Å². The van der Waals surface area contributed by atoms with Gasteiger partial charge in [0.2, 0.25) is 70.9 Å². The van der Waals surface area contributed by atoms with Crippen LogP contribution in [0, 0.1) is 24.2 Å². The first-order chi connectivity index (χ1) is 49.0. The maximum atomic E-state index is 15.1. The van der Waals surface area contributed by atoms with E-state index >= 15 is 14.4 Å². The van der Waals surface area contributed by atoms with Crippen LogP contribution in [-0.4, -0.2) is 168 Å². The molecule has 7 rings (SSSR count). The van der Waals surface area contributed by atoms with E-state index in [4.69, 9.17) is 17.9 Å². The van der Waals surface area contributed by atoms with E-state index in [2.05, 4.69) is 84.0 Å². The number of aromatic amines is 3. The molecule has 11 atom stereocenters. The summed E-state index contributed by atoms with van der Waals surface area (Å²) in [4.78, 5) is 187. The number of terminal acetylenes is 1. The lowest BCUT2D eigenvalue weighted by Crippen LogP contribution is -2.62. The number of benzene rings is 3. The molecule has 4 heterocycles. The van der Waals surface area contributed by atoms with Crippen molar-refractivity contribution >= 4 is 105 Å². The van der Waals surface area contributed by atoms with Crippen LogP contribution >= 0.6 is 23.5 Å². The summed E-state index contributed by atoms with van der Waals surface area (Å²) in [5.41, 5.74) is 16.0. The molecule has 1 unspecified atom stereocenters. The molecule has 3 aromatic carbocycles. The lowest BCUT2D eigenvalue weighted by atomic mass is 9.93. The molecule has 6 aromatic rings. The monoisotopic (exact) mass is 1440 g/mol. The van der Waals surface area contributed by atoms with Gasteiger partial charge < -0.3 is 79.6 Å². The zero-order valence-corrected chi connectivity index (χ0v) is 59.2. The fourth-order valence-electron chi connectivity index (χ4n) is 11.5. The summed E-state index contributed by atoms with van der Waals surface area (Å²) in [6.45, 7) is 8.56. The molecule has 29 nitrogen and oxygen atoms in total. The Bertz CT molecular complexity index is 3900. The molecule has 0 spiro atoms. The van der Waals surface area contributed by atoms with Crippen LogP contribution in [0.2, 0.25) is 0 Å². The van der Waals surface area contributed by atoms with Crippen LogP contribution in [0.25, 0.3) is 10.9 Å². The number of hydrogen-bond acceptors (Lipinski definition) is 16. The molecule has 1 aliphatic heterocycles. The van der Waals surface area contributed by atoms with Crippen LogP contribution in [-0.2, 0) is 94.7 Å². The maximum absolute atomic E-state index is 15.1. The van der Waals surface area contributed by atoms with Crippen molar-refractivity contribution < 1.29 is 57.5 Å². The van der Waals surface area contributed by atoms with E-state index in [-0.39, 0.29) is 61.7 Å². The minimum Gasteiger partial charge on any atom is -0.370 e. The molecule has 31 heteroatoms. The highest BCUT2D eigenvalue weighted by molar-refractivity contribution is 7.99. The summed E-state index contributed by atoms with van der Waals surface area (Å²) in [5, 5.41) is 28.1. The fraction of sp³-hybridized carbons (Fsp3) is 0.437. The normalized spacial score (nSPS) is 18.1. The number of nitrogens with zero attached hydrogens (tertiary/aromatic N) is 2. The zero-order chi connectivity index (χ0) is 73.8. The van der Waals surface area contributed by atoms with Gasteiger partial charge in [0.15, 0.2) is 0 Å². The summed E-state index contributed by atoms with van der Waals surface area (Å²) in [7, 11) is 0. The van der Waals surface area contributed by atoms with Gasteiger partial charge in [-0.1, -0.05) is 120 Å². The molecule has 544 valence electrons. The smallest absolute Gasteiger partial charge is 0.244 e. The van der Waals surface area contributed by atoms with E-state index in [0.29, 0.717) is 47.5 Å². The Hall–Kier alpha value is -10.5. The first-order valence-electron chi connectivity index (χ1n) is 33.8. The third kappa shape index (κ3) is 23.6. The molecular formula is C71H91N17O12S2. The Morgan fingerprint density at radius 2 is 1.19 bits per heavy atom. The topological polar surface area (TPSA) is 450 Å². The van der Waals surface area contributed by atoms with Gasteiger partial charge in [0.25, 0.3) is 0 Å². The van der Waals surface area contributed by atoms with Gasteiger partial charge in [-0.25, -0.2) is 9.97 Å². The van der Waals surface area contributed by atoms with Crippen molar-refractivity contribution in [3.63, 3.8) is 0 Å². The lowest BCUT2D eigenvalue weighted by Gasteiger charge is -2.29. The number of para-hydroxylation sites is 1. The van der Waals surface area contributed by atoms with Crippen molar-refractivity contribution in [1.82, 2.24) is 78.1 Å². The average Bonchev–Trinajstić information content (AvgIpc) is 1.42. The van der Waals surface area contributed by atoms with Gasteiger partial charge in [-0.05, 0) is 47.1 Å². The van der Waals surface area contributed by atoms with Crippen LogP contribution in [0.5, 0.6) is 0 Å². The second-order valence-electron chi connectivity index (χ2n) is 25.0. The molecule has 1 aliphatic rings. The predicted molar refractivity (Wildman–Crippen MR) is 385 cm³/mol. The maximum Gasteiger partial charge on any atom is 0.244 e. The van der Waals surface area contributed by atoms with Gasteiger partial charge in [0, 0.05) is 102 Å². The van der Waals surface area contributed by atoms with Crippen LogP contribution < -0.4 is 64.6 Å².